The van der Waals surface area contributed by atoms with E-state index in [-0.39, 0.29) is 5.91 Å². The van der Waals surface area contributed by atoms with Crippen LogP contribution >= 0.6 is 0 Å². The Balaban J connectivity index is 2.00. The number of aryl methyl sites for hydroxylation is 2. The van der Waals surface area contributed by atoms with E-state index in [1.807, 2.05) is 11.0 Å². The minimum absolute atomic E-state index is 0.188. The molecule has 1 aliphatic rings. The number of amides is 1. The molecule has 3 nitrogen and oxygen atoms in total. The van der Waals surface area contributed by atoms with Crippen LogP contribution in [-0.4, -0.2) is 28.5 Å². The van der Waals surface area contributed by atoms with Gasteiger partial charge in [0.2, 0.25) is 0 Å². The van der Waals surface area contributed by atoms with E-state index in [0.717, 1.165) is 31.5 Å². The molecule has 0 radical (unpaired) electrons. The number of nitrogens with zero attached hydrogens (tertiary/aromatic N) is 2. The summed E-state index contributed by atoms with van der Waals surface area (Å²) in [6, 6.07) is 6.11. The quantitative estimate of drug-likeness (QED) is 0.779. The van der Waals surface area contributed by atoms with Crippen molar-refractivity contribution in [2.75, 3.05) is 13.1 Å². The summed E-state index contributed by atoms with van der Waals surface area (Å²) in [6.45, 7) is 6.07. The molecular weight excluding hydrogens is 248 g/mol. The van der Waals surface area contributed by atoms with Crippen molar-refractivity contribution in [1.82, 2.24) is 9.47 Å². The predicted octanol–water partition coefficient (Wildman–Crippen LogP) is 3.42. The van der Waals surface area contributed by atoms with E-state index in [1.165, 1.54) is 28.6 Å². The highest BCUT2D eigenvalue weighted by molar-refractivity contribution is 5.99. The molecule has 1 saturated heterocycles. The number of hydrogen-bond donors (Lipinski definition) is 0. The van der Waals surface area contributed by atoms with E-state index < -0.39 is 0 Å². The van der Waals surface area contributed by atoms with Gasteiger partial charge in [-0.2, -0.15) is 0 Å². The molecule has 0 bridgehead atoms. The third-order valence-corrected chi connectivity index (χ3v) is 4.70. The lowest BCUT2D eigenvalue weighted by Gasteiger charge is -2.26. The first-order valence-corrected chi connectivity index (χ1v) is 7.44. The van der Waals surface area contributed by atoms with Gasteiger partial charge in [0.05, 0.1) is 0 Å². The Bertz CT molecular complexity index is 663. The molecule has 3 rings (SSSR count). The Hall–Kier alpha value is -1.77. The Labute approximate surface area is 120 Å². The summed E-state index contributed by atoms with van der Waals surface area (Å²) in [5, 5.41) is 1.20. The van der Waals surface area contributed by atoms with Gasteiger partial charge in [0.25, 0.3) is 5.91 Å². The standard InChI is InChI=1S/C17H22N2O/c1-12-13(2)18(3)16-8-7-14(11-15(12)16)17(20)19-9-5-4-6-10-19/h7-8,11H,4-6,9-10H2,1-3H3. The van der Waals surface area contributed by atoms with Crippen LogP contribution in [0, 0.1) is 13.8 Å². The van der Waals surface area contributed by atoms with Crippen molar-refractivity contribution >= 4 is 16.8 Å². The first-order valence-electron chi connectivity index (χ1n) is 7.44. The summed E-state index contributed by atoms with van der Waals surface area (Å²) in [5.74, 6) is 0.188. The van der Waals surface area contributed by atoms with Crippen molar-refractivity contribution in [3.63, 3.8) is 0 Å². The Morgan fingerprint density at radius 1 is 1.10 bits per heavy atom. The molecule has 1 fully saturated rings. The number of benzene rings is 1. The van der Waals surface area contributed by atoms with Gasteiger partial charge < -0.3 is 9.47 Å². The maximum absolute atomic E-state index is 12.6. The van der Waals surface area contributed by atoms with Crippen LogP contribution in [0.5, 0.6) is 0 Å². The van der Waals surface area contributed by atoms with E-state index in [0.29, 0.717) is 0 Å². The van der Waals surface area contributed by atoms with Crippen molar-refractivity contribution in [2.24, 2.45) is 7.05 Å². The van der Waals surface area contributed by atoms with E-state index in [4.69, 9.17) is 0 Å². The van der Waals surface area contributed by atoms with Gasteiger partial charge in [0, 0.05) is 42.3 Å². The third kappa shape index (κ3) is 2.01. The second-order valence-corrected chi connectivity index (χ2v) is 5.85. The van der Waals surface area contributed by atoms with Crippen LogP contribution in [0.25, 0.3) is 10.9 Å². The summed E-state index contributed by atoms with van der Waals surface area (Å²) in [5.41, 5.74) is 4.57. The van der Waals surface area contributed by atoms with Gasteiger partial charge in [-0.25, -0.2) is 0 Å². The van der Waals surface area contributed by atoms with Crippen molar-refractivity contribution < 1.29 is 4.79 Å². The van der Waals surface area contributed by atoms with Crippen LogP contribution in [-0.2, 0) is 7.05 Å². The number of carbonyl (C=O) groups is 1. The van der Waals surface area contributed by atoms with Gasteiger partial charge in [0.1, 0.15) is 0 Å². The lowest BCUT2D eigenvalue weighted by molar-refractivity contribution is 0.0724. The number of likely N-dealkylation sites (tertiary alicyclic amines) is 1. The van der Waals surface area contributed by atoms with E-state index in [1.54, 1.807) is 0 Å². The first-order chi connectivity index (χ1) is 9.59. The number of carbonyl (C=O) groups excluding carboxylic acids is 1. The maximum Gasteiger partial charge on any atom is 0.253 e. The molecule has 1 aromatic heterocycles. The average Bonchev–Trinajstić information content (AvgIpc) is 2.72. The lowest BCUT2D eigenvalue weighted by atomic mass is 10.1. The largest absolute Gasteiger partial charge is 0.348 e. The molecule has 0 unspecified atom stereocenters. The minimum atomic E-state index is 0.188. The number of aromatic nitrogens is 1. The number of hydrogen-bond acceptors (Lipinski definition) is 1. The molecule has 106 valence electrons. The van der Waals surface area contributed by atoms with Crippen molar-refractivity contribution in [3.05, 3.63) is 35.0 Å². The fourth-order valence-electron chi connectivity index (χ4n) is 3.17. The van der Waals surface area contributed by atoms with Crippen molar-refractivity contribution in [3.8, 4) is 0 Å². The average molecular weight is 270 g/mol. The molecule has 3 heteroatoms. The van der Waals surface area contributed by atoms with Gasteiger partial charge in [-0.3, -0.25) is 4.79 Å². The summed E-state index contributed by atoms with van der Waals surface area (Å²) in [7, 11) is 2.08. The molecule has 2 heterocycles. The number of rotatable bonds is 1. The van der Waals surface area contributed by atoms with Crippen molar-refractivity contribution in [1.29, 1.82) is 0 Å². The van der Waals surface area contributed by atoms with Crippen LogP contribution in [0.3, 0.4) is 0 Å². The molecule has 1 aromatic carbocycles. The number of piperidine rings is 1. The molecule has 0 N–H and O–H groups in total. The van der Waals surface area contributed by atoms with Crippen LogP contribution < -0.4 is 0 Å². The van der Waals surface area contributed by atoms with E-state index in [9.17, 15) is 4.79 Å². The number of fused-ring (bicyclic) bond motifs is 1. The molecule has 2 aromatic rings. The molecule has 0 spiro atoms. The zero-order valence-electron chi connectivity index (χ0n) is 12.6. The maximum atomic E-state index is 12.6. The van der Waals surface area contributed by atoms with Crippen LogP contribution in [0.1, 0.15) is 40.9 Å². The van der Waals surface area contributed by atoms with Crippen LogP contribution in [0.15, 0.2) is 18.2 Å². The Morgan fingerprint density at radius 3 is 2.50 bits per heavy atom. The minimum Gasteiger partial charge on any atom is -0.348 e. The van der Waals surface area contributed by atoms with Crippen molar-refractivity contribution in [2.45, 2.75) is 33.1 Å². The SMILES string of the molecule is Cc1c(C)n(C)c2ccc(C(=O)N3CCCCC3)cc12. The summed E-state index contributed by atoms with van der Waals surface area (Å²) in [6.07, 6.45) is 3.52. The fraction of sp³-hybridized carbons (Fsp3) is 0.471. The summed E-state index contributed by atoms with van der Waals surface area (Å²) >= 11 is 0. The monoisotopic (exact) mass is 270 g/mol. The van der Waals surface area contributed by atoms with Crippen LogP contribution in [0.2, 0.25) is 0 Å². The topological polar surface area (TPSA) is 25.2 Å². The van der Waals surface area contributed by atoms with E-state index in [2.05, 4.69) is 37.6 Å². The van der Waals surface area contributed by atoms with E-state index >= 15 is 0 Å². The fourth-order valence-corrected chi connectivity index (χ4v) is 3.17. The Kier molecular flexibility index (Phi) is 3.28. The zero-order valence-corrected chi connectivity index (χ0v) is 12.6. The molecule has 20 heavy (non-hydrogen) atoms. The smallest absolute Gasteiger partial charge is 0.253 e. The molecule has 0 atom stereocenters. The van der Waals surface area contributed by atoms with Crippen LogP contribution in [0.4, 0.5) is 0 Å². The Morgan fingerprint density at radius 2 is 1.80 bits per heavy atom. The summed E-state index contributed by atoms with van der Waals surface area (Å²) < 4.78 is 2.19. The third-order valence-electron chi connectivity index (χ3n) is 4.70. The second kappa shape index (κ2) is 4.97. The lowest BCUT2D eigenvalue weighted by Crippen LogP contribution is -2.35. The second-order valence-electron chi connectivity index (χ2n) is 5.85. The van der Waals surface area contributed by atoms with Gasteiger partial charge in [-0.1, -0.05) is 0 Å². The van der Waals surface area contributed by atoms with Gasteiger partial charge in [-0.05, 0) is 56.9 Å². The first kappa shape index (κ1) is 13.2. The van der Waals surface area contributed by atoms with Gasteiger partial charge in [0.15, 0.2) is 0 Å². The molecule has 0 saturated carbocycles. The normalized spacial score (nSPS) is 15.8. The molecule has 0 aliphatic carbocycles. The summed E-state index contributed by atoms with van der Waals surface area (Å²) in [4.78, 5) is 14.6. The van der Waals surface area contributed by atoms with Gasteiger partial charge >= 0.3 is 0 Å². The molecular formula is C17H22N2O. The zero-order chi connectivity index (χ0) is 14.3. The van der Waals surface area contributed by atoms with Gasteiger partial charge in [-0.15, -0.1) is 0 Å². The molecule has 1 aliphatic heterocycles. The predicted molar refractivity (Wildman–Crippen MR) is 82.1 cm³/mol. The highest BCUT2D eigenvalue weighted by Gasteiger charge is 2.19. The highest BCUT2D eigenvalue weighted by atomic mass is 16.2. The molecule has 1 amide bonds. The highest BCUT2D eigenvalue weighted by Crippen LogP contribution is 2.26.